The number of aromatic nitrogens is 4. The molecule has 2 N–H and O–H groups in total. The standard InChI is InChI=1S/C24H29N5O/c30-22-19-13-26-29(18-8-4-5-9-18)21(19)27-23(28-22)24(12-16-6-2-1-3-7-16)15-25-14-20(24)17-10-11-17/h1-3,6-7,13,17-18,20,25H,4-5,8-12,14-15H2,(H,27,28,30)/t20-,24+/m1/s1. The minimum atomic E-state index is -0.180. The molecule has 2 saturated carbocycles. The number of benzene rings is 1. The fourth-order valence-corrected chi connectivity index (χ4v) is 5.98. The van der Waals surface area contributed by atoms with Crippen LogP contribution in [0.3, 0.4) is 0 Å². The molecule has 6 nitrogen and oxygen atoms in total. The third-order valence-corrected chi connectivity index (χ3v) is 7.67. The molecule has 6 heteroatoms. The Bertz CT molecular complexity index is 1110. The SMILES string of the molecule is O=c1[nH]c([C@@]2(Cc3ccccc3)CNC[C@@H]2C2CC2)nc2c1cnn2C1CCCC1. The molecule has 3 heterocycles. The first-order valence-electron chi connectivity index (χ1n) is 11.5. The molecule has 2 aliphatic carbocycles. The second-order valence-corrected chi connectivity index (χ2v) is 9.57. The zero-order valence-corrected chi connectivity index (χ0v) is 17.3. The van der Waals surface area contributed by atoms with Crippen LogP contribution in [-0.2, 0) is 11.8 Å². The van der Waals surface area contributed by atoms with Crippen LogP contribution in [0, 0.1) is 11.8 Å². The van der Waals surface area contributed by atoms with E-state index in [4.69, 9.17) is 4.98 Å². The van der Waals surface area contributed by atoms with E-state index in [1.54, 1.807) is 6.20 Å². The van der Waals surface area contributed by atoms with E-state index >= 15 is 0 Å². The van der Waals surface area contributed by atoms with E-state index in [0.29, 0.717) is 17.3 Å². The molecule has 0 radical (unpaired) electrons. The zero-order chi connectivity index (χ0) is 20.1. The quantitative estimate of drug-likeness (QED) is 0.685. The molecule has 3 aromatic rings. The molecule has 0 bridgehead atoms. The van der Waals surface area contributed by atoms with E-state index in [2.05, 4.69) is 45.7 Å². The summed E-state index contributed by atoms with van der Waals surface area (Å²) < 4.78 is 2.03. The molecule has 2 atom stereocenters. The van der Waals surface area contributed by atoms with Crippen LogP contribution in [0.4, 0.5) is 0 Å². The molecule has 1 aromatic carbocycles. The number of nitrogens with zero attached hydrogens (tertiary/aromatic N) is 3. The Balaban J connectivity index is 1.51. The Labute approximate surface area is 176 Å². The average Bonchev–Trinajstić information content (AvgIpc) is 3.16. The van der Waals surface area contributed by atoms with Crippen molar-refractivity contribution in [2.75, 3.05) is 13.1 Å². The van der Waals surface area contributed by atoms with E-state index in [9.17, 15) is 4.79 Å². The van der Waals surface area contributed by atoms with Gasteiger partial charge in [-0.15, -0.1) is 0 Å². The maximum absolute atomic E-state index is 13.1. The molecule has 156 valence electrons. The lowest BCUT2D eigenvalue weighted by atomic mass is 9.70. The number of aromatic amines is 1. The van der Waals surface area contributed by atoms with Crippen molar-refractivity contribution >= 4 is 11.0 Å². The molecule has 3 aliphatic rings. The number of fused-ring (bicyclic) bond motifs is 1. The van der Waals surface area contributed by atoms with Crippen molar-refractivity contribution in [2.24, 2.45) is 11.8 Å². The average molecular weight is 404 g/mol. The third-order valence-electron chi connectivity index (χ3n) is 7.67. The number of hydrogen-bond acceptors (Lipinski definition) is 4. The highest BCUT2D eigenvalue weighted by Crippen LogP contribution is 2.49. The van der Waals surface area contributed by atoms with E-state index in [1.807, 2.05) is 4.68 Å². The summed E-state index contributed by atoms with van der Waals surface area (Å²) >= 11 is 0. The Hall–Kier alpha value is -2.47. The molecule has 30 heavy (non-hydrogen) atoms. The molecular formula is C24H29N5O. The molecular weight excluding hydrogens is 374 g/mol. The fourth-order valence-electron chi connectivity index (χ4n) is 5.98. The highest BCUT2D eigenvalue weighted by atomic mass is 16.1. The summed E-state index contributed by atoms with van der Waals surface area (Å²) in [7, 11) is 0. The Morgan fingerprint density at radius 2 is 1.90 bits per heavy atom. The molecule has 3 fully saturated rings. The summed E-state index contributed by atoms with van der Waals surface area (Å²) in [4.78, 5) is 21.5. The van der Waals surface area contributed by atoms with Gasteiger partial charge in [-0.3, -0.25) is 4.79 Å². The number of H-pyrrole nitrogens is 1. The van der Waals surface area contributed by atoms with Crippen molar-refractivity contribution in [3.8, 4) is 0 Å². The first kappa shape index (κ1) is 18.3. The van der Waals surface area contributed by atoms with Crippen molar-refractivity contribution in [3.05, 3.63) is 58.3 Å². The molecule has 6 rings (SSSR count). The molecule has 1 aliphatic heterocycles. The molecule has 0 amide bonds. The summed E-state index contributed by atoms with van der Waals surface area (Å²) in [6.45, 7) is 1.86. The van der Waals surface area contributed by atoms with Crippen LogP contribution in [-0.4, -0.2) is 32.8 Å². The smallest absolute Gasteiger partial charge is 0.262 e. The maximum atomic E-state index is 13.1. The van der Waals surface area contributed by atoms with Gasteiger partial charge in [0.1, 0.15) is 11.2 Å². The first-order valence-corrected chi connectivity index (χ1v) is 11.5. The van der Waals surface area contributed by atoms with Crippen molar-refractivity contribution in [2.45, 2.75) is 56.4 Å². The normalized spacial score (nSPS) is 27.3. The summed E-state index contributed by atoms with van der Waals surface area (Å²) in [6.07, 6.45) is 9.89. The van der Waals surface area contributed by atoms with Crippen molar-refractivity contribution in [1.29, 1.82) is 0 Å². The number of rotatable bonds is 5. The van der Waals surface area contributed by atoms with Gasteiger partial charge in [0.2, 0.25) is 0 Å². The molecule has 1 saturated heterocycles. The van der Waals surface area contributed by atoms with Crippen LogP contribution in [0.15, 0.2) is 41.3 Å². The minimum absolute atomic E-state index is 0.0480. The Morgan fingerprint density at radius 3 is 2.67 bits per heavy atom. The van der Waals surface area contributed by atoms with E-state index in [-0.39, 0.29) is 11.0 Å². The van der Waals surface area contributed by atoms with Gasteiger partial charge in [0.25, 0.3) is 5.56 Å². The highest BCUT2D eigenvalue weighted by Gasteiger charge is 2.52. The Morgan fingerprint density at radius 1 is 1.10 bits per heavy atom. The van der Waals surface area contributed by atoms with Gasteiger partial charge in [-0.2, -0.15) is 5.10 Å². The second-order valence-electron chi connectivity index (χ2n) is 9.57. The van der Waals surface area contributed by atoms with Crippen molar-refractivity contribution in [1.82, 2.24) is 25.1 Å². The van der Waals surface area contributed by atoms with Crippen LogP contribution < -0.4 is 10.9 Å². The van der Waals surface area contributed by atoms with Gasteiger partial charge in [-0.1, -0.05) is 43.2 Å². The van der Waals surface area contributed by atoms with Gasteiger partial charge in [0.15, 0.2) is 5.65 Å². The zero-order valence-electron chi connectivity index (χ0n) is 17.3. The van der Waals surface area contributed by atoms with Crippen LogP contribution in [0.2, 0.25) is 0 Å². The van der Waals surface area contributed by atoms with Gasteiger partial charge in [0, 0.05) is 12.0 Å². The van der Waals surface area contributed by atoms with E-state index in [0.717, 1.165) is 49.7 Å². The van der Waals surface area contributed by atoms with Gasteiger partial charge in [-0.05, 0) is 56.0 Å². The maximum Gasteiger partial charge on any atom is 0.262 e. The highest BCUT2D eigenvalue weighted by molar-refractivity contribution is 5.73. The summed E-state index contributed by atoms with van der Waals surface area (Å²) in [5, 5.41) is 8.87. The molecule has 0 unspecified atom stereocenters. The van der Waals surface area contributed by atoms with Gasteiger partial charge in [0.05, 0.1) is 12.2 Å². The lowest BCUT2D eigenvalue weighted by molar-refractivity contribution is 0.289. The van der Waals surface area contributed by atoms with Gasteiger partial charge in [-0.25, -0.2) is 9.67 Å². The van der Waals surface area contributed by atoms with Crippen LogP contribution in [0.1, 0.15) is 56.0 Å². The topological polar surface area (TPSA) is 75.6 Å². The number of nitrogens with one attached hydrogen (secondary N) is 2. The predicted octanol–water partition coefficient (Wildman–Crippen LogP) is 3.34. The van der Waals surface area contributed by atoms with Crippen LogP contribution in [0.5, 0.6) is 0 Å². The first-order chi connectivity index (χ1) is 14.7. The van der Waals surface area contributed by atoms with Crippen molar-refractivity contribution in [3.63, 3.8) is 0 Å². The lowest BCUT2D eigenvalue weighted by Gasteiger charge is -2.34. The van der Waals surface area contributed by atoms with Gasteiger partial charge < -0.3 is 10.3 Å². The molecule has 2 aromatic heterocycles. The van der Waals surface area contributed by atoms with E-state index in [1.165, 1.54) is 31.2 Å². The number of hydrogen-bond donors (Lipinski definition) is 2. The summed E-state index contributed by atoms with van der Waals surface area (Å²) in [6, 6.07) is 11.0. The molecule has 0 spiro atoms. The summed E-state index contributed by atoms with van der Waals surface area (Å²) in [5.41, 5.74) is 1.85. The predicted molar refractivity (Wildman–Crippen MR) is 117 cm³/mol. The monoisotopic (exact) mass is 403 g/mol. The van der Waals surface area contributed by atoms with E-state index < -0.39 is 0 Å². The second kappa shape index (κ2) is 7.05. The fraction of sp³-hybridized carbons (Fsp3) is 0.542. The van der Waals surface area contributed by atoms with Crippen molar-refractivity contribution < 1.29 is 0 Å². The third kappa shape index (κ3) is 2.92. The van der Waals surface area contributed by atoms with Crippen LogP contribution >= 0.6 is 0 Å². The lowest BCUT2D eigenvalue weighted by Crippen LogP contribution is -2.41. The Kier molecular flexibility index (Phi) is 4.30. The summed E-state index contributed by atoms with van der Waals surface area (Å²) in [5.74, 6) is 2.08. The minimum Gasteiger partial charge on any atom is -0.315 e. The largest absolute Gasteiger partial charge is 0.315 e. The van der Waals surface area contributed by atoms with Gasteiger partial charge >= 0.3 is 0 Å². The van der Waals surface area contributed by atoms with Crippen LogP contribution in [0.25, 0.3) is 11.0 Å².